The van der Waals surface area contributed by atoms with Crippen molar-refractivity contribution in [3.63, 3.8) is 0 Å². The highest BCUT2D eigenvalue weighted by atomic mass is 16.6. The van der Waals surface area contributed by atoms with E-state index < -0.39 is 12.2 Å². The van der Waals surface area contributed by atoms with Crippen LogP contribution >= 0.6 is 0 Å². The van der Waals surface area contributed by atoms with E-state index in [2.05, 4.69) is 39.8 Å². The van der Waals surface area contributed by atoms with Crippen molar-refractivity contribution in [3.05, 3.63) is 107 Å². The molecular formula is C38H48N2O6. The quantitative estimate of drug-likeness (QED) is 0.116. The fraction of sp³-hybridized carbons (Fsp3) is 0.368. The first-order valence-electron chi connectivity index (χ1n) is 15.8. The third-order valence-corrected chi connectivity index (χ3v) is 7.42. The SMILES string of the molecule is CCCCc1cc(OCN(C(=O)OC)c2ccccc2)c(CC=C(C)CCC=C(C)C)c(OCN(C(=O)OC)c2ccccc2)c1. The third kappa shape index (κ3) is 11.0. The zero-order chi connectivity index (χ0) is 33.3. The van der Waals surface area contributed by atoms with E-state index in [-0.39, 0.29) is 13.5 Å². The van der Waals surface area contributed by atoms with Crippen molar-refractivity contribution in [2.75, 3.05) is 37.5 Å². The number of aryl methyl sites for hydroxylation is 1. The number of allylic oxidation sites excluding steroid dienone is 4. The second kappa shape index (κ2) is 18.9. The Balaban J connectivity index is 2.04. The topological polar surface area (TPSA) is 77.5 Å². The molecule has 0 aliphatic rings. The number of amides is 2. The van der Waals surface area contributed by atoms with Gasteiger partial charge in [0.25, 0.3) is 0 Å². The van der Waals surface area contributed by atoms with Crippen molar-refractivity contribution in [1.82, 2.24) is 0 Å². The number of rotatable bonds is 16. The zero-order valence-electron chi connectivity index (χ0n) is 28.1. The number of hydrogen-bond donors (Lipinski definition) is 0. The molecule has 0 aliphatic heterocycles. The van der Waals surface area contributed by atoms with Crippen LogP contribution in [0, 0.1) is 0 Å². The van der Waals surface area contributed by atoms with Gasteiger partial charge in [-0.05, 0) is 94.8 Å². The summed E-state index contributed by atoms with van der Waals surface area (Å²) in [6, 6.07) is 22.6. The second-order valence-corrected chi connectivity index (χ2v) is 11.3. The maximum absolute atomic E-state index is 12.8. The van der Waals surface area contributed by atoms with Gasteiger partial charge in [0.2, 0.25) is 0 Å². The summed E-state index contributed by atoms with van der Waals surface area (Å²) in [6.07, 6.45) is 8.61. The first kappa shape index (κ1) is 35.8. The number of para-hydroxylation sites is 2. The average molecular weight is 629 g/mol. The lowest BCUT2D eigenvalue weighted by Gasteiger charge is -2.25. The first-order valence-corrected chi connectivity index (χ1v) is 15.8. The zero-order valence-corrected chi connectivity index (χ0v) is 28.1. The van der Waals surface area contributed by atoms with Crippen LogP contribution in [0.5, 0.6) is 11.5 Å². The molecule has 0 aliphatic carbocycles. The Morgan fingerprint density at radius 2 is 1.24 bits per heavy atom. The summed E-state index contributed by atoms with van der Waals surface area (Å²) in [6.45, 7) is 8.34. The summed E-state index contributed by atoms with van der Waals surface area (Å²) in [7, 11) is 2.70. The number of anilines is 2. The van der Waals surface area contributed by atoms with E-state index in [0.717, 1.165) is 43.2 Å². The molecule has 246 valence electrons. The van der Waals surface area contributed by atoms with Crippen LogP contribution in [0.2, 0.25) is 0 Å². The monoisotopic (exact) mass is 628 g/mol. The lowest BCUT2D eigenvalue weighted by molar-refractivity contribution is 0.170. The number of benzene rings is 3. The summed E-state index contributed by atoms with van der Waals surface area (Å²) in [5.41, 5.74) is 5.70. The Morgan fingerprint density at radius 3 is 1.67 bits per heavy atom. The molecule has 0 spiro atoms. The smallest absolute Gasteiger partial charge is 0.416 e. The molecule has 0 bridgehead atoms. The predicted molar refractivity (Wildman–Crippen MR) is 185 cm³/mol. The Hall–Kier alpha value is -4.72. The van der Waals surface area contributed by atoms with Gasteiger partial charge in [0.1, 0.15) is 11.5 Å². The third-order valence-electron chi connectivity index (χ3n) is 7.42. The van der Waals surface area contributed by atoms with Crippen molar-refractivity contribution in [3.8, 4) is 11.5 Å². The van der Waals surface area contributed by atoms with E-state index in [9.17, 15) is 9.59 Å². The molecule has 2 amide bonds. The van der Waals surface area contributed by atoms with E-state index in [1.165, 1.54) is 35.2 Å². The number of unbranched alkanes of at least 4 members (excludes halogenated alkanes) is 1. The largest absolute Gasteiger partial charge is 0.472 e. The van der Waals surface area contributed by atoms with Gasteiger partial charge in [-0.3, -0.25) is 0 Å². The molecule has 3 rings (SSSR count). The molecular weight excluding hydrogens is 580 g/mol. The van der Waals surface area contributed by atoms with Gasteiger partial charge >= 0.3 is 12.2 Å². The van der Waals surface area contributed by atoms with Crippen molar-refractivity contribution in [2.45, 2.75) is 66.2 Å². The van der Waals surface area contributed by atoms with Gasteiger partial charge in [-0.2, -0.15) is 0 Å². The lowest BCUT2D eigenvalue weighted by atomic mass is 10.0. The first-order chi connectivity index (χ1) is 22.3. The Bertz CT molecular complexity index is 1360. The molecule has 0 radical (unpaired) electrons. The summed E-state index contributed by atoms with van der Waals surface area (Å²) >= 11 is 0. The minimum atomic E-state index is -0.530. The molecule has 0 saturated carbocycles. The maximum Gasteiger partial charge on any atom is 0.416 e. The second-order valence-electron chi connectivity index (χ2n) is 11.3. The van der Waals surface area contributed by atoms with Crippen LogP contribution in [0.15, 0.2) is 96.1 Å². The van der Waals surface area contributed by atoms with Crippen molar-refractivity contribution >= 4 is 23.6 Å². The highest BCUT2D eigenvalue weighted by molar-refractivity contribution is 5.87. The summed E-state index contributed by atoms with van der Waals surface area (Å²) in [5, 5.41) is 0. The molecule has 0 heterocycles. The van der Waals surface area contributed by atoms with Crippen molar-refractivity contribution < 1.29 is 28.5 Å². The maximum atomic E-state index is 12.8. The van der Waals surface area contributed by atoms with Gasteiger partial charge in [-0.1, -0.05) is 73.0 Å². The van der Waals surface area contributed by atoms with E-state index in [0.29, 0.717) is 29.3 Å². The van der Waals surface area contributed by atoms with Crippen LogP contribution in [0.1, 0.15) is 64.5 Å². The Morgan fingerprint density at radius 1 is 0.739 bits per heavy atom. The van der Waals surface area contributed by atoms with Crippen LogP contribution in [-0.4, -0.2) is 39.9 Å². The van der Waals surface area contributed by atoms with E-state index >= 15 is 0 Å². The highest BCUT2D eigenvalue weighted by Gasteiger charge is 2.22. The van der Waals surface area contributed by atoms with Gasteiger partial charge in [0.15, 0.2) is 13.5 Å². The van der Waals surface area contributed by atoms with Crippen LogP contribution in [-0.2, 0) is 22.3 Å². The van der Waals surface area contributed by atoms with E-state index in [1.54, 1.807) is 0 Å². The van der Waals surface area contributed by atoms with Crippen LogP contribution < -0.4 is 19.3 Å². The summed E-state index contributed by atoms with van der Waals surface area (Å²) < 4.78 is 23.0. The Kier molecular flexibility index (Phi) is 14.7. The highest BCUT2D eigenvalue weighted by Crippen LogP contribution is 2.34. The number of carbonyl (C=O) groups excluding carboxylic acids is 2. The number of carbonyl (C=O) groups is 2. The fourth-order valence-corrected chi connectivity index (χ4v) is 4.79. The molecule has 8 nitrogen and oxygen atoms in total. The van der Waals surface area contributed by atoms with Gasteiger partial charge in [0, 0.05) is 5.56 Å². The van der Waals surface area contributed by atoms with Crippen LogP contribution in [0.3, 0.4) is 0 Å². The number of hydrogen-bond acceptors (Lipinski definition) is 6. The van der Waals surface area contributed by atoms with Gasteiger partial charge in [-0.15, -0.1) is 0 Å². The molecule has 0 fully saturated rings. The van der Waals surface area contributed by atoms with Gasteiger partial charge < -0.3 is 18.9 Å². The molecule has 3 aromatic carbocycles. The fourth-order valence-electron chi connectivity index (χ4n) is 4.79. The lowest BCUT2D eigenvalue weighted by Crippen LogP contribution is -2.35. The normalized spacial score (nSPS) is 11.0. The molecule has 46 heavy (non-hydrogen) atoms. The standard InChI is InChI=1S/C38H48N2O6/c1-7-8-18-31-25-35(45-27-39(37(41)43-5)32-19-11-9-12-20-32)34(24-23-30(4)17-15-16-29(2)3)36(26-31)46-28-40(38(42)44-6)33-21-13-10-14-22-33/h9-14,16,19-23,25-26H,7-8,15,17-18,24,27-28H2,1-6H3. The summed E-state index contributed by atoms with van der Waals surface area (Å²) in [4.78, 5) is 28.5. The predicted octanol–water partition coefficient (Wildman–Crippen LogP) is 9.48. The minimum Gasteiger partial charge on any atom is -0.472 e. The molecule has 0 N–H and O–H groups in total. The molecule has 3 aromatic rings. The van der Waals surface area contributed by atoms with Crippen molar-refractivity contribution in [1.29, 1.82) is 0 Å². The van der Waals surface area contributed by atoms with Gasteiger partial charge in [-0.25, -0.2) is 19.4 Å². The number of methoxy groups -OCH3 is 2. The van der Waals surface area contributed by atoms with E-state index in [4.69, 9.17) is 18.9 Å². The van der Waals surface area contributed by atoms with Crippen molar-refractivity contribution in [2.24, 2.45) is 0 Å². The molecule has 0 atom stereocenters. The number of nitrogens with zero attached hydrogens (tertiary/aromatic N) is 2. The minimum absolute atomic E-state index is 0.0675. The average Bonchev–Trinajstić information content (AvgIpc) is 3.07. The Labute approximate surface area is 274 Å². The molecule has 0 unspecified atom stereocenters. The van der Waals surface area contributed by atoms with E-state index in [1.807, 2.05) is 72.8 Å². The van der Waals surface area contributed by atoms with Crippen LogP contribution in [0.4, 0.5) is 21.0 Å². The molecule has 0 saturated heterocycles. The van der Waals surface area contributed by atoms with Gasteiger partial charge in [0.05, 0.1) is 25.6 Å². The summed E-state index contributed by atoms with van der Waals surface area (Å²) in [5.74, 6) is 1.21. The molecule has 0 aromatic heterocycles. The van der Waals surface area contributed by atoms with Crippen LogP contribution in [0.25, 0.3) is 0 Å². The number of ether oxygens (including phenoxy) is 4. The molecule has 8 heteroatoms.